The summed E-state index contributed by atoms with van der Waals surface area (Å²) in [5.41, 5.74) is 1.76. The third kappa shape index (κ3) is 4.32. The van der Waals surface area contributed by atoms with Crippen LogP contribution >= 0.6 is 0 Å². The first-order valence-electron chi connectivity index (χ1n) is 9.03. The normalized spacial score (nSPS) is 16.3. The molecule has 0 radical (unpaired) electrons. The molecule has 1 fully saturated rings. The number of aromatic nitrogens is 1. The molecule has 0 saturated carbocycles. The number of nitrogens with one attached hydrogen (secondary N) is 1. The minimum absolute atomic E-state index is 0.119. The van der Waals surface area contributed by atoms with E-state index in [2.05, 4.69) is 24.3 Å². The van der Waals surface area contributed by atoms with Crippen molar-refractivity contribution in [2.24, 2.45) is 7.05 Å². The molecular weight excluding hydrogens is 330 g/mol. The highest BCUT2D eigenvalue weighted by atomic mass is 16.5. The quantitative estimate of drug-likeness (QED) is 0.794. The van der Waals surface area contributed by atoms with Crippen molar-refractivity contribution in [2.45, 2.75) is 19.6 Å². The molecule has 1 saturated heterocycles. The molecule has 6 heteroatoms. The van der Waals surface area contributed by atoms with Gasteiger partial charge in [-0.05, 0) is 19.1 Å². The molecular formula is C20H26N3O3+. The molecule has 0 spiro atoms. The molecule has 0 unspecified atom stereocenters. The molecule has 1 amide bonds. The second-order valence-electron chi connectivity index (χ2n) is 6.79. The average Bonchev–Trinajstić information content (AvgIpc) is 3.08. The lowest BCUT2D eigenvalue weighted by molar-refractivity contribution is -0.917. The summed E-state index contributed by atoms with van der Waals surface area (Å²) in [7, 11) is 1.78. The minimum atomic E-state index is -0.770. The number of esters is 1. The smallest absolute Gasteiger partial charge is 0.355 e. The second kappa shape index (κ2) is 8.19. The Morgan fingerprint density at radius 3 is 2.42 bits per heavy atom. The van der Waals surface area contributed by atoms with E-state index in [0.717, 1.165) is 19.6 Å². The number of quaternary nitrogens is 1. The van der Waals surface area contributed by atoms with E-state index in [4.69, 9.17) is 4.74 Å². The molecule has 138 valence electrons. The van der Waals surface area contributed by atoms with Crippen LogP contribution in [0.3, 0.4) is 0 Å². The van der Waals surface area contributed by atoms with Gasteiger partial charge in [-0.25, -0.2) is 4.79 Å². The molecule has 1 aliphatic rings. The Labute approximate surface area is 154 Å². The van der Waals surface area contributed by atoms with Crippen molar-refractivity contribution in [3.8, 4) is 0 Å². The second-order valence-corrected chi connectivity index (χ2v) is 6.79. The molecule has 2 heterocycles. The van der Waals surface area contributed by atoms with E-state index in [1.54, 1.807) is 41.8 Å². The van der Waals surface area contributed by atoms with Crippen molar-refractivity contribution < 1.29 is 19.2 Å². The van der Waals surface area contributed by atoms with E-state index in [1.165, 1.54) is 10.5 Å². The first kappa shape index (κ1) is 18.2. The van der Waals surface area contributed by atoms with Crippen LogP contribution in [0.5, 0.6) is 0 Å². The van der Waals surface area contributed by atoms with Crippen molar-refractivity contribution in [1.29, 1.82) is 0 Å². The zero-order valence-corrected chi connectivity index (χ0v) is 15.4. The van der Waals surface area contributed by atoms with E-state index >= 15 is 0 Å². The van der Waals surface area contributed by atoms with Gasteiger partial charge in [-0.2, -0.15) is 0 Å². The highest BCUT2D eigenvalue weighted by Crippen LogP contribution is 2.07. The number of amides is 1. The maximum absolute atomic E-state index is 12.6. The lowest BCUT2D eigenvalue weighted by atomic mass is 10.2. The number of hydrogen-bond donors (Lipinski definition) is 1. The van der Waals surface area contributed by atoms with E-state index in [0.29, 0.717) is 18.8 Å². The summed E-state index contributed by atoms with van der Waals surface area (Å²) in [4.78, 5) is 28.0. The highest BCUT2D eigenvalue weighted by molar-refractivity contribution is 5.91. The van der Waals surface area contributed by atoms with Crippen LogP contribution in [0.1, 0.15) is 23.0 Å². The van der Waals surface area contributed by atoms with E-state index in [9.17, 15) is 9.59 Å². The topological polar surface area (TPSA) is 56.0 Å². The van der Waals surface area contributed by atoms with Crippen LogP contribution in [0.2, 0.25) is 0 Å². The number of benzene rings is 1. The van der Waals surface area contributed by atoms with Gasteiger partial charge in [-0.15, -0.1) is 0 Å². The molecule has 0 aliphatic carbocycles. The fraction of sp³-hybridized carbons (Fsp3) is 0.400. The summed E-state index contributed by atoms with van der Waals surface area (Å²) in [6, 6.07) is 13.9. The monoisotopic (exact) mass is 356 g/mol. The van der Waals surface area contributed by atoms with Gasteiger partial charge in [0.2, 0.25) is 0 Å². The lowest BCUT2D eigenvalue weighted by Crippen LogP contribution is -3.13. The summed E-state index contributed by atoms with van der Waals surface area (Å²) in [5.74, 6) is -0.585. The van der Waals surface area contributed by atoms with Crippen molar-refractivity contribution in [2.75, 3.05) is 26.2 Å². The van der Waals surface area contributed by atoms with E-state index in [1.807, 2.05) is 6.07 Å². The SMILES string of the molecule is C[C@@H](OC(=O)c1cccn1C)C(=O)N1CC[NH+](Cc2ccccc2)CC1. The number of carbonyl (C=O) groups excluding carboxylic acids is 2. The van der Waals surface area contributed by atoms with Crippen LogP contribution in [0.15, 0.2) is 48.7 Å². The average molecular weight is 356 g/mol. The predicted molar refractivity (Wildman–Crippen MR) is 97.7 cm³/mol. The van der Waals surface area contributed by atoms with E-state index in [-0.39, 0.29) is 5.91 Å². The predicted octanol–water partition coefficient (Wildman–Crippen LogP) is 0.498. The molecule has 3 rings (SSSR count). The van der Waals surface area contributed by atoms with Crippen molar-refractivity contribution in [3.05, 3.63) is 59.9 Å². The Bertz CT molecular complexity index is 749. The largest absolute Gasteiger partial charge is 0.448 e. The van der Waals surface area contributed by atoms with Crippen LogP contribution < -0.4 is 4.90 Å². The molecule has 0 bridgehead atoms. The van der Waals surface area contributed by atoms with Crippen LogP contribution in [0, 0.1) is 0 Å². The van der Waals surface area contributed by atoms with Gasteiger partial charge in [0, 0.05) is 18.8 Å². The van der Waals surface area contributed by atoms with Gasteiger partial charge in [0.1, 0.15) is 12.2 Å². The fourth-order valence-electron chi connectivity index (χ4n) is 3.31. The molecule has 6 nitrogen and oxygen atoms in total. The Morgan fingerprint density at radius 1 is 1.12 bits per heavy atom. The zero-order valence-electron chi connectivity index (χ0n) is 15.4. The van der Waals surface area contributed by atoms with Crippen LogP contribution in [0.25, 0.3) is 0 Å². The Hall–Kier alpha value is -2.60. The van der Waals surface area contributed by atoms with Gasteiger partial charge in [-0.3, -0.25) is 4.79 Å². The Kier molecular flexibility index (Phi) is 5.73. The fourth-order valence-corrected chi connectivity index (χ4v) is 3.31. The van der Waals surface area contributed by atoms with Gasteiger partial charge in [0.25, 0.3) is 5.91 Å². The molecule has 26 heavy (non-hydrogen) atoms. The third-order valence-corrected chi connectivity index (χ3v) is 4.86. The highest BCUT2D eigenvalue weighted by Gasteiger charge is 2.29. The summed E-state index contributed by atoms with van der Waals surface area (Å²) < 4.78 is 7.04. The standard InChI is InChI=1S/C20H25N3O3/c1-16(26-20(25)18-9-6-10-21(18)2)19(24)23-13-11-22(12-14-23)15-17-7-4-3-5-8-17/h3-10,16H,11-15H2,1-2H3/p+1/t16-/m1/s1. The van der Waals surface area contributed by atoms with Gasteiger partial charge in [0.15, 0.2) is 6.10 Å². The van der Waals surface area contributed by atoms with Crippen molar-refractivity contribution in [3.63, 3.8) is 0 Å². The number of piperazine rings is 1. The number of nitrogens with zero attached hydrogens (tertiary/aromatic N) is 2. The zero-order chi connectivity index (χ0) is 18.5. The van der Waals surface area contributed by atoms with Crippen LogP contribution in [-0.2, 0) is 23.1 Å². The minimum Gasteiger partial charge on any atom is -0.448 e. The molecule has 1 aromatic carbocycles. The van der Waals surface area contributed by atoms with Gasteiger partial charge < -0.3 is 19.1 Å². The van der Waals surface area contributed by atoms with Crippen LogP contribution in [0.4, 0.5) is 0 Å². The number of hydrogen-bond acceptors (Lipinski definition) is 3. The first-order valence-corrected chi connectivity index (χ1v) is 9.03. The molecule has 1 aromatic heterocycles. The molecule has 1 N–H and O–H groups in total. The maximum Gasteiger partial charge on any atom is 0.355 e. The summed E-state index contributed by atoms with van der Waals surface area (Å²) in [6.07, 6.45) is 1.01. The van der Waals surface area contributed by atoms with Crippen molar-refractivity contribution in [1.82, 2.24) is 9.47 Å². The number of ether oxygens (including phenoxy) is 1. The summed E-state index contributed by atoms with van der Waals surface area (Å²) >= 11 is 0. The van der Waals surface area contributed by atoms with Gasteiger partial charge in [-0.1, -0.05) is 30.3 Å². The van der Waals surface area contributed by atoms with E-state index < -0.39 is 12.1 Å². The van der Waals surface area contributed by atoms with Crippen LogP contribution in [-0.4, -0.2) is 53.6 Å². The number of carbonyl (C=O) groups is 2. The maximum atomic E-state index is 12.6. The molecule has 1 aliphatic heterocycles. The molecule has 2 aromatic rings. The van der Waals surface area contributed by atoms with Gasteiger partial charge >= 0.3 is 5.97 Å². The summed E-state index contributed by atoms with van der Waals surface area (Å²) in [5, 5.41) is 0. The van der Waals surface area contributed by atoms with Gasteiger partial charge in [0.05, 0.1) is 26.2 Å². The summed E-state index contributed by atoms with van der Waals surface area (Å²) in [6.45, 7) is 5.80. The Balaban J connectivity index is 1.48. The Morgan fingerprint density at radius 2 is 1.81 bits per heavy atom. The first-order chi connectivity index (χ1) is 12.5. The third-order valence-electron chi connectivity index (χ3n) is 4.86. The lowest BCUT2D eigenvalue weighted by Gasteiger charge is -2.33. The molecule has 1 atom stereocenters. The number of rotatable bonds is 5. The van der Waals surface area contributed by atoms with Crippen molar-refractivity contribution >= 4 is 11.9 Å². The number of aryl methyl sites for hydroxylation is 1.